The molecule has 0 aromatic carbocycles. The lowest BCUT2D eigenvalue weighted by atomic mass is 10.4. The first-order valence-electron chi connectivity index (χ1n) is 7.07. The molecule has 0 saturated carbocycles. The van der Waals surface area contributed by atoms with Crippen LogP contribution in [0.15, 0.2) is 17.2 Å². The molecule has 1 fully saturated rings. The lowest BCUT2D eigenvalue weighted by Gasteiger charge is -2.25. The zero-order valence-corrected chi connectivity index (χ0v) is 13.8. The summed E-state index contributed by atoms with van der Waals surface area (Å²) in [5.74, 6) is 1.77. The van der Waals surface area contributed by atoms with E-state index in [0.29, 0.717) is 24.5 Å². The van der Waals surface area contributed by atoms with E-state index < -0.39 is 10.0 Å². The summed E-state index contributed by atoms with van der Waals surface area (Å²) in [5.41, 5.74) is 1.03. The first kappa shape index (κ1) is 15.9. The van der Waals surface area contributed by atoms with Crippen LogP contribution < -0.4 is 5.32 Å². The topological polar surface area (TPSA) is 54.3 Å². The van der Waals surface area contributed by atoms with Gasteiger partial charge in [0.05, 0.1) is 0 Å². The first-order chi connectivity index (χ1) is 9.59. The van der Waals surface area contributed by atoms with E-state index in [1.165, 1.54) is 0 Å². The Morgan fingerprint density at radius 1 is 1.30 bits per heavy atom. The van der Waals surface area contributed by atoms with Gasteiger partial charge in [0.2, 0.25) is 10.0 Å². The summed E-state index contributed by atoms with van der Waals surface area (Å²) in [4.78, 5) is 0.430. The molecule has 0 amide bonds. The van der Waals surface area contributed by atoms with Crippen molar-refractivity contribution in [2.75, 3.05) is 31.1 Å². The fraction of sp³-hybridized carbons (Fsp3) is 0.692. The minimum atomic E-state index is -3.33. The van der Waals surface area contributed by atoms with Crippen molar-refractivity contribution in [2.45, 2.75) is 31.8 Å². The van der Waals surface area contributed by atoms with Crippen molar-refractivity contribution in [1.29, 1.82) is 0 Å². The van der Waals surface area contributed by atoms with E-state index in [-0.39, 0.29) is 0 Å². The summed E-state index contributed by atoms with van der Waals surface area (Å²) < 4.78 is 28.9. The van der Waals surface area contributed by atoms with Crippen LogP contribution in [0.5, 0.6) is 0 Å². The van der Waals surface area contributed by atoms with Crippen molar-refractivity contribution >= 4 is 21.8 Å². The van der Waals surface area contributed by atoms with Crippen LogP contribution in [0.1, 0.15) is 19.5 Å². The van der Waals surface area contributed by atoms with E-state index in [1.807, 2.05) is 36.2 Å². The molecule has 0 radical (unpaired) electrons. The molecule has 1 aliphatic heterocycles. The number of hydrogen-bond acceptors (Lipinski definition) is 4. The minimum absolute atomic E-state index is 0.430. The number of hydrogen-bond donors (Lipinski definition) is 1. The predicted molar refractivity (Wildman–Crippen MR) is 83.6 cm³/mol. The largest absolute Gasteiger partial charge is 0.349 e. The van der Waals surface area contributed by atoms with Gasteiger partial charge in [0.15, 0.2) is 0 Å². The zero-order chi connectivity index (χ0) is 14.6. The maximum absolute atomic E-state index is 12.6. The molecule has 114 valence electrons. The Bertz CT molecular complexity index is 534. The zero-order valence-electron chi connectivity index (χ0n) is 12.1. The molecule has 0 atom stereocenters. The van der Waals surface area contributed by atoms with Crippen molar-refractivity contribution in [3.05, 3.63) is 18.0 Å². The summed E-state index contributed by atoms with van der Waals surface area (Å²) in [6.45, 7) is 7.67. The molecule has 2 heterocycles. The normalized spacial score (nSPS) is 17.5. The molecular formula is C13H23N3O2S2. The van der Waals surface area contributed by atoms with E-state index in [0.717, 1.165) is 30.3 Å². The fourth-order valence-electron chi connectivity index (χ4n) is 2.30. The number of nitrogens with one attached hydrogen (secondary N) is 1. The van der Waals surface area contributed by atoms with E-state index >= 15 is 0 Å². The van der Waals surface area contributed by atoms with Crippen LogP contribution in [0, 0.1) is 0 Å². The molecule has 1 saturated heterocycles. The number of thioether (sulfide) groups is 1. The van der Waals surface area contributed by atoms with Gasteiger partial charge >= 0.3 is 0 Å². The third kappa shape index (κ3) is 3.39. The average molecular weight is 317 g/mol. The van der Waals surface area contributed by atoms with Gasteiger partial charge in [-0.15, -0.1) is 0 Å². The smallest absolute Gasteiger partial charge is 0.244 e. The second-order valence-corrected chi connectivity index (χ2v) is 7.91. The maximum Gasteiger partial charge on any atom is 0.244 e. The highest BCUT2D eigenvalue weighted by atomic mass is 32.2. The molecule has 1 aromatic rings. The summed E-state index contributed by atoms with van der Waals surface area (Å²) in [5, 5.41) is 3.25. The van der Waals surface area contributed by atoms with Gasteiger partial charge < -0.3 is 9.88 Å². The molecule has 0 aliphatic carbocycles. The highest BCUT2D eigenvalue weighted by Gasteiger charge is 2.27. The Hall–Kier alpha value is -0.500. The SMILES string of the molecule is CCNCc1cc(S(=O)(=O)N2CCSCC2)cn1CC. The average Bonchev–Trinajstić information content (AvgIpc) is 2.90. The van der Waals surface area contributed by atoms with Gasteiger partial charge in [-0.05, 0) is 19.5 Å². The van der Waals surface area contributed by atoms with E-state index in [1.54, 1.807) is 10.5 Å². The lowest BCUT2D eigenvalue weighted by Crippen LogP contribution is -2.37. The number of nitrogens with zero attached hydrogens (tertiary/aromatic N) is 2. The number of aromatic nitrogens is 1. The quantitative estimate of drug-likeness (QED) is 0.861. The van der Waals surface area contributed by atoms with Gasteiger partial charge in [0, 0.05) is 49.6 Å². The fourth-order valence-corrected chi connectivity index (χ4v) is 4.94. The maximum atomic E-state index is 12.6. The van der Waals surface area contributed by atoms with Crippen LogP contribution >= 0.6 is 11.8 Å². The predicted octanol–water partition coefficient (Wildman–Crippen LogP) is 1.35. The molecule has 0 bridgehead atoms. The first-order valence-corrected chi connectivity index (χ1v) is 9.66. The molecule has 1 N–H and O–H groups in total. The molecular weight excluding hydrogens is 294 g/mol. The summed E-state index contributed by atoms with van der Waals surface area (Å²) in [6, 6.07) is 1.81. The molecule has 0 unspecified atom stereocenters. The van der Waals surface area contributed by atoms with Gasteiger partial charge in [-0.2, -0.15) is 16.1 Å². The van der Waals surface area contributed by atoms with E-state index in [2.05, 4.69) is 5.32 Å². The van der Waals surface area contributed by atoms with E-state index in [9.17, 15) is 8.42 Å². The van der Waals surface area contributed by atoms with Crippen molar-refractivity contribution in [3.63, 3.8) is 0 Å². The summed E-state index contributed by atoms with van der Waals surface area (Å²) >= 11 is 1.81. The molecule has 5 nitrogen and oxygen atoms in total. The molecule has 7 heteroatoms. The van der Waals surface area contributed by atoms with E-state index in [4.69, 9.17) is 0 Å². The van der Waals surface area contributed by atoms with Crippen molar-refractivity contribution in [3.8, 4) is 0 Å². The van der Waals surface area contributed by atoms with Crippen LogP contribution in [0.3, 0.4) is 0 Å². The summed E-state index contributed by atoms with van der Waals surface area (Å²) in [7, 11) is -3.33. The number of aryl methyl sites for hydroxylation is 1. The molecule has 1 aromatic heterocycles. The number of rotatable bonds is 6. The Labute approximate surface area is 125 Å². The Balaban J connectivity index is 2.24. The standard InChI is InChI=1S/C13H23N3O2S2/c1-3-14-10-12-9-13(11-15(12)4-2)20(17,18)16-5-7-19-8-6-16/h9,11,14H,3-8,10H2,1-2H3. The van der Waals surface area contributed by atoms with Gasteiger partial charge in [0.1, 0.15) is 4.90 Å². The highest BCUT2D eigenvalue weighted by Crippen LogP contribution is 2.22. The monoisotopic (exact) mass is 317 g/mol. The summed E-state index contributed by atoms with van der Waals surface area (Å²) in [6.07, 6.45) is 1.77. The highest BCUT2D eigenvalue weighted by molar-refractivity contribution is 7.99. The lowest BCUT2D eigenvalue weighted by molar-refractivity contribution is 0.443. The molecule has 0 spiro atoms. The Kier molecular flexibility index (Phi) is 5.54. The van der Waals surface area contributed by atoms with Crippen molar-refractivity contribution in [1.82, 2.24) is 14.2 Å². The van der Waals surface area contributed by atoms with Crippen LogP contribution in [0.2, 0.25) is 0 Å². The second kappa shape index (κ2) is 6.98. The van der Waals surface area contributed by atoms with Crippen LogP contribution in [0.25, 0.3) is 0 Å². The van der Waals surface area contributed by atoms with Gasteiger partial charge in [-0.1, -0.05) is 6.92 Å². The number of sulfonamides is 1. The van der Waals surface area contributed by atoms with Crippen molar-refractivity contribution < 1.29 is 8.42 Å². The van der Waals surface area contributed by atoms with Crippen LogP contribution in [-0.2, 0) is 23.1 Å². The van der Waals surface area contributed by atoms with Gasteiger partial charge in [-0.3, -0.25) is 0 Å². The third-order valence-electron chi connectivity index (χ3n) is 3.47. The van der Waals surface area contributed by atoms with Gasteiger partial charge in [0.25, 0.3) is 0 Å². The molecule has 2 rings (SSSR count). The van der Waals surface area contributed by atoms with Crippen molar-refractivity contribution in [2.24, 2.45) is 0 Å². The molecule has 20 heavy (non-hydrogen) atoms. The Morgan fingerprint density at radius 3 is 2.60 bits per heavy atom. The van der Waals surface area contributed by atoms with Crippen LogP contribution in [0.4, 0.5) is 0 Å². The Morgan fingerprint density at radius 2 is 2.00 bits per heavy atom. The van der Waals surface area contributed by atoms with Gasteiger partial charge in [-0.25, -0.2) is 8.42 Å². The van der Waals surface area contributed by atoms with Crippen LogP contribution in [-0.4, -0.2) is 48.4 Å². The minimum Gasteiger partial charge on any atom is -0.349 e. The second-order valence-electron chi connectivity index (χ2n) is 4.75. The molecule has 1 aliphatic rings. The third-order valence-corrected chi connectivity index (χ3v) is 6.27.